The molecule has 0 aliphatic heterocycles. The van der Waals surface area contributed by atoms with Crippen molar-refractivity contribution in [2.75, 3.05) is 17.7 Å². The number of aromatic nitrogens is 2. The van der Waals surface area contributed by atoms with E-state index in [0.717, 1.165) is 45.3 Å². The highest BCUT2D eigenvalue weighted by Gasteiger charge is 2.28. The number of ether oxygens (including phenoxy) is 1. The number of nitrogens with zero attached hydrogens (tertiary/aromatic N) is 2. The van der Waals surface area contributed by atoms with E-state index in [1.807, 2.05) is 31.2 Å². The summed E-state index contributed by atoms with van der Waals surface area (Å²) in [6, 6.07) is 7.43. The van der Waals surface area contributed by atoms with Crippen LogP contribution < -0.4 is 10.1 Å². The van der Waals surface area contributed by atoms with Crippen molar-refractivity contribution >= 4 is 44.9 Å². The van der Waals surface area contributed by atoms with E-state index < -0.39 is 0 Å². The highest BCUT2D eigenvalue weighted by atomic mass is 32.2. The Bertz CT molecular complexity index is 1010. The van der Waals surface area contributed by atoms with Crippen LogP contribution in [0, 0.1) is 13.8 Å². The van der Waals surface area contributed by atoms with Gasteiger partial charge in [0.2, 0.25) is 5.91 Å². The van der Waals surface area contributed by atoms with E-state index in [1.54, 1.807) is 11.3 Å². The molecule has 7 heteroatoms. The lowest BCUT2D eigenvalue weighted by molar-refractivity contribution is -0.113. The van der Waals surface area contributed by atoms with Crippen LogP contribution in [-0.2, 0) is 4.79 Å². The lowest BCUT2D eigenvalue weighted by Crippen LogP contribution is -2.14. The number of hydrogen-bond donors (Lipinski definition) is 1. The predicted molar refractivity (Wildman–Crippen MR) is 116 cm³/mol. The summed E-state index contributed by atoms with van der Waals surface area (Å²) in [5.41, 5.74) is 1.99. The molecule has 0 radical (unpaired) electrons. The Morgan fingerprint density at radius 2 is 2.00 bits per heavy atom. The molecule has 5 nitrogen and oxygen atoms in total. The van der Waals surface area contributed by atoms with Crippen LogP contribution in [0.3, 0.4) is 0 Å². The number of nitrogens with one attached hydrogen (secondary N) is 1. The first-order valence-electron chi connectivity index (χ1n) is 9.48. The normalized spacial score (nSPS) is 13.7. The van der Waals surface area contributed by atoms with Crippen LogP contribution in [-0.4, -0.2) is 28.2 Å². The van der Waals surface area contributed by atoms with Crippen molar-refractivity contribution < 1.29 is 9.53 Å². The van der Waals surface area contributed by atoms with Crippen molar-refractivity contribution in [2.45, 2.75) is 44.6 Å². The molecule has 1 fully saturated rings. The summed E-state index contributed by atoms with van der Waals surface area (Å²) >= 11 is 3.21. The average Bonchev–Trinajstić information content (AvgIpc) is 3.48. The largest absolute Gasteiger partial charge is 0.494 e. The van der Waals surface area contributed by atoms with Gasteiger partial charge in [0.25, 0.3) is 0 Å². The molecule has 146 valence electrons. The number of carbonyl (C=O) groups is 1. The summed E-state index contributed by atoms with van der Waals surface area (Å²) in [6.45, 7) is 6.80. The minimum atomic E-state index is -0.0431. The summed E-state index contributed by atoms with van der Waals surface area (Å²) in [7, 11) is 0. The van der Waals surface area contributed by atoms with Gasteiger partial charge in [0.05, 0.1) is 12.4 Å². The zero-order chi connectivity index (χ0) is 19.7. The predicted octanol–water partition coefficient (Wildman–Crippen LogP) is 5.32. The summed E-state index contributed by atoms with van der Waals surface area (Å²) in [4.78, 5) is 24.3. The van der Waals surface area contributed by atoms with Crippen molar-refractivity contribution in [3.8, 4) is 5.75 Å². The molecule has 0 saturated heterocycles. The number of thioether (sulfide) groups is 1. The molecule has 0 unspecified atom stereocenters. The number of thiophene rings is 1. The molecule has 1 saturated carbocycles. The van der Waals surface area contributed by atoms with Gasteiger partial charge in [0.15, 0.2) is 0 Å². The number of carbonyl (C=O) groups excluding carboxylic acids is 1. The monoisotopic (exact) mass is 413 g/mol. The third kappa shape index (κ3) is 4.15. The molecule has 28 heavy (non-hydrogen) atoms. The fourth-order valence-corrected chi connectivity index (χ4v) is 4.98. The Morgan fingerprint density at radius 3 is 2.68 bits per heavy atom. The molecule has 0 spiro atoms. The number of hydrogen-bond acceptors (Lipinski definition) is 6. The minimum Gasteiger partial charge on any atom is -0.494 e. The Hall–Kier alpha value is -2.12. The molecule has 1 amide bonds. The zero-order valence-electron chi connectivity index (χ0n) is 16.2. The Labute approximate surface area is 172 Å². The molecule has 1 aromatic carbocycles. The maximum Gasteiger partial charge on any atom is 0.234 e. The van der Waals surface area contributed by atoms with E-state index in [0.29, 0.717) is 18.3 Å². The number of aryl methyl sites for hydroxylation is 2. The minimum absolute atomic E-state index is 0.0431. The number of anilines is 1. The Kier molecular flexibility index (Phi) is 5.55. The number of rotatable bonds is 7. The molecule has 1 N–H and O–H groups in total. The second kappa shape index (κ2) is 8.09. The summed E-state index contributed by atoms with van der Waals surface area (Å²) < 4.78 is 5.43. The Morgan fingerprint density at radius 1 is 1.25 bits per heavy atom. The van der Waals surface area contributed by atoms with E-state index >= 15 is 0 Å². The molecule has 1 aliphatic carbocycles. The van der Waals surface area contributed by atoms with Gasteiger partial charge in [-0.3, -0.25) is 4.79 Å². The van der Waals surface area contributed by atoms with Gasteiger partial charge in [0.1, 0.15) is 21.4 Å². The highest BCUT2D eigenvalue weighted by molar-refractivity contribution is 8.00. The van der Waals surface area contributed by atoms with Crippen molar-refractivity contribution in [3.63, 3.8) is 0 Å². The maximum atomic E-state index is 12.4. The summed E-state index contributed by atoms with van der Waals surface area (Å²) in [5.74, 6) is 2.50. The van der Waals surface area contributed by atoms with Gasteiger partial charge in [-0.05, 0) is 63.4 Å². The van der Waals surface area contributed by atoms with Gasteiger partial charge >= 0.3 is 0 Å². The fourth-order valence-electron chi connectivity index (χ4n) is 2.99. The third-order valence-electron chi connectivity index (χ3n) is 4.74. The first-order valence-corrected chi connectivity index (χ1v) is 11.3. The number of benzene rings is 1. The van der Waals surface area contributed by atoms with Gasteiger partial charge in [0, 0.05) is 21.9 Å². The first-order chi connectivity index (χ1) is 13.5. The SMILES string of the molecule is CCOc1ccc(NC(=O)CSc2nc(C3CC3)nc3sc(C)c(C)c23)cc1. The zero-order valence-corrected chi connectivity index (χ0v) is 17.9. The lowest BCUT2D eigenvalue weighted by Gasteiger charge is -2.08. The van der Waals surface area contributed by atoms with Gasteiger partial charge in [-0.1, -0.05) is 11.8 Å². The molecule has 3 aromatic rings. The molecule has 1 aliphatic rings. The fraction of sp³-hybridized carbons (Fsp3) is 0.381. The van der Waals surface area contributed by atoms with Gasteiger partial charge in [-0.25, -0.2) is 9.97 Å². The quantitative estimate of drug-likeness (QED) is 0.420. The molecule has 2 heterocycles. The topological polar surface area (TPSA) is 64.1 Å². The van der Waals surface area contributed by atoms with Crippen LogP contribution in [0.15, 0.2) is 29.3 Å². The van der Waals surface area contributed by atoms with Crippen molar-refractivity contribution in [1.82, 2.24) is 9.97 Å². The second-order valence-corrected chi connectivity index (χ2v) is 9.09. The van der Waals surface area contributed by atoms with Crippen molar-refractivity contribution in [2.24, 2.45) is 0 Å². The van der Waals surface area contributed by atoms with Crippen molar-refractivity contribution in [1.29, 1.82) is 0 Å². The average molecular weight is 414 g/mol. The van der Waals surface area contributed by atoms with Crippen LogP contribution in [0.4, 0.5) is 5.69 Å². The number of amides is 1. The smallest absolute Gasteiger partial charge is 0.234 e. The molecule has 0 bridgehead atoms. The molecule has 0 atom stereocenters. The van der Waals surface area contributed by atoms with Gasteiger partial charge < -0.3 is 10.1 Å². The summed E-state index contributed by atoms with van der Waals surface area (Å²) in [5, 5.41) is 4.97. The van der Waals surface area contributed by atoms with Gasteiger partial charge in [-0.15, -0.1) is 11.3 Å². The van der Waals surface area contributed by atoms with Crippen molar-refractivity contribution in [3.05, 3.63) is 40.5 Å². The standard InChI is InChI=1S/C21H23N3O2S2/c1-4-26-16-9-7-15(8-10-16)22-17(25)11-27-20-18-12(2)13(3)28-21(18)24-19(23-20)14-5-6-14/h7-10,14H,4-6,11H2,1-3H3,(H,22,25). The van der Waals surface area contributed by atoms with Gasteiger partial charge in [-0.2, -0.15) is 0 Å². The van der Waals surface area contributed by atoms with Crippen LogP contribution in [0.1, 0.15) is 41.9 Å². The Balaban J connectivity index is 1.47. The molecular weight excluding hydrogens is 390 g/mol. The van der Waals surface area contributed by atoms with E-state index in [2.05, 4.69) is 19.2 Å². The van der Waals surface area contributed by atoms with Crippen LogP contribution >= 0.6 is 23.1 Å². The maximum absolute atomic E-state index is 12.4. The van der Waals surface area contributed by atoms with E-state index in [1.165, 1.54) is 22.2 Å². The first kappa shape index (κ1) is 19.2. The second-order valence-electron chi connectivity index (χ2n) is 6.92. The van der Waals surface area contributed by atoms with E-state index in [4.69, 9.17) is 14.7 Å². The third-order valence-corrected chi connectivity index (χ3v) is 6.82. The molecule has 2 aromatic heterocycles. The summed E-state index contributed by atoms with van der Waals surface area (Å²) in [6.07, 6.45) is 2.33. The molecular formula is C21H23N3O2S2. The molecule has 4 rings (SSSR count). The van der Waals surface area contributed by atoms with Crippen LogP contribution in [0.5, 0.6) is 5.75 Å². The highest BCUT2D eigenvalue weighted by Crippen LogP contribution is 2.42. The lowest BCUT2D eigenvalue weighted by atomic mass is 10.2. The van der Waals surface area contributed by atoms with E-state index in [9.17, 15) is 4.79 Å². The van der Waals surface area contributed by atoms with Crippen LogP contribution in [0.25, 0.3) is 10.2 Å². The van der Waals surface area contributed by atoms with Crippen LogP contribution in [0.2, 0.25) is 0 Å². The number of fused-ring (bicyclic) bond motifs is 1. The van der Waals surface area contributed by atoms with E-state index in [-0.39, 0.29) is 5.91 Å².